The Bertz CT molecular complexity index is 478. The van der Waals surface area contributed by atoms with Gasteiger partial charge in [0, 0.05) is 0 Å². The number of benzene rings is 2. The van der Waals surface area contributed by atoms with Gasteiger partial charge in [-0.1, -0.05) is 36.4 Å². The Morgan fingerprint density at radius 1 is 0.750 bits per heavy atom. The molecule has 0 radical (unpaired) electrons. The second-order valence-electron chi connectivity index (χ2n) is 4.44. The van der Waals surface area contributed by atoms with Crippen molar-refractivity contribution in [2.75, 3.05) is 0 Å². The smallest absolute Gasteiger partial charge is 0.115 e. The standard InChI is InChI=1S/C15H14O/c16-15-9-7-14(8-10-15)13-5-3-12(4-6-13)11-1-2-11/h3-11,16H,1-2H2. The van der Waals surface area contributed by atoms with Crippen LogP contribution < -0.4 is 0 Å². The minimum absolute atomic E-state index is 0.318. The Morgan fingerprint density at radius 3 is 1.75 bits per heavy atom. The molecule has 1 N–H and O–H groups in total. The second kappa shape index (κ2) is 3.67. The van der Waals surface area contributed by atoms with Crippen LogP contribution in [-0.2, 0) is 0 Å². The maximum Gasteiger partial charge on any atom is 0.115 e. The average molecular weight is 210 g/mol. The Kier molecular flexibility index (Phi) is 2.17. The molecule has 2 aromatic carbocycles. The van der Waals surface area contributed by atoms with Gasteiger partial charge in [0.2, 0.25) is 0 Å². The first-order chi connectivity index (χ1) is 7.83. The topological polar surface area (TPSA) is 20.2 Å². The highest BCUT2D eigenvalue weighted by molar-refractivity contribution is 5.64. The lowest BCUT2D eigenvalue weighted by molar-refractivity contribution is 0.475. The minimum Gasteiger partial charge on any atom is -0.508 e. The molecule has 80 valence electrons. The van der Waals surface area contributed by atoms with Crippen molar-refractivity contribution in [2.45, 2.75) is 18.8 Å². The van der Waals surface area contributed by atoms with Crippen LogP contribution in [0.1, 0.15) is 24.3 Å². The molecule has 1 aliphatic rings. The van der Waals surface area contributed by atoms with E-state index >= 15 is 0 Å². The molecule has 1 nitrogen and oxygen atoms in total. The summed E-state index contributed by atoms with van der Waals surface area (Å²) in [5.41, 5.74) is 3.83. The van der Waals surface area contributed by atoms with Gasteiger partial charge in [-0.2, -0.15) is 0 Å². The van der Waals surface area contributed by atoms with Gasteiger partial charge in [0.25, 0.3) is 0 Å². The van der Waals surface area contributed by atoms with E-state index < -0.39 is 0 Å². The molecule has 1 heteroatoms. The van der Waals surface area contributed by atoms with Gasteiger partial charge in [-0.05, 0) is 47.6 Å². The molecule has 0 spiro atoms. The number of phenolic OH excluding ortho intramolecular Hbond substituents is 1. The summed E-state index contributed by atoms with van der Waals surface area (Å²) in [5, 5.41) is 9.23. The van der Waals surface area contributed by atoms with Gasteiger partial charge < -0.3 is 5.11 Å². The van der Waals surface area contributed by atoms with Gasteiger partial charge in [-0.3, -0.25) is 0 Å². The lowest BCUT2D eigenvalue weighted by Gasteiger charge is -2.03. The SMILES string of the molecule is Oc1ccc(-c2ccc(C3CC3)cc2)cc1. The highest BCUT2D eigenvalue weighted by atomic mass is 16.3. The molecule has 1 aliphatic carbocycles. The van der Waals surface area contributed by atoms with Crippen LogP contribution in [0.25, 0.3) is 11.1 Å². The zero-order chi connectivity index (χ0) is 11.0. The number of hydrogen-bond donors (Lipinski definition) is 1. The molecular weight excluding hydrogens is 196 g/mol. The average Bonchev–Trinajstić information content (AvgIpc) is 3.14. The molecule has 0 aliphatic heterocycles. The quantitative estimate of drug-likeness (QED) is 0.796. The van der Waals surface area contributed by atoms with E-state index in [1.807, 2.05) is 12.1 Å². The summed E-state index contributed by atoms with van der Waals surface area (Å²) in [4.78, 5) is 0. The maximum atomic E-state index is 9.23. The molecule has 16 heavy (non-hydrogen) atoms. The fourth-order valence-corrected chi connectivity index (χ4v) is 2.02. The number of rotatable bonds is 2. The van der Waals surface area contributed by atoms with E-state index in [4.69, 9.17) is 0 Å². The van der Waals surface area contributed by atoms with Gasteiger partial charge in [0.15, 0.2) is 0 Å². The fraction of sp³-hybridized carbons (Fsp3) is 0.200. The van der Waals surface area contributed by atoms with Crippen molar-refractivity contribution in [3.8, 4) is 16.9 Å². The molecule has 0 saturated heterocycles. The van der Waals surface area contributed by atoms with E-state index in [2.05, 4.69) is 24.3 Å². The van der Waals surface area contributed by atoms with Crippen LogP contribution in [-0.4, -0.2) is 5.11 Å². The normalized spacial score (nSPS) is 15.0. The van der Waals surface area contributed by atoms with Crippen LogP contribution in [0.15, 0.2) is 48.5 Å². The Balaban J connectivity index is 1.91. The minimum atomic E-state index is 0.318. The molecule has 0 unspecified atom stereocenters. The van der Waals surface area contributed by atoms with Crippen molar-refractivity contribution in [1.82, 2.24) is 0 Å². The molecule has 0 bridgehead atoms. The van der Waals surface area contributed by atoms with Crippen molar-refractivity contribution in [3.63, 3.8) is 0 Å². The molecule has 1 saturated carbocycles. The van der Waals surface area contributed by atoms with Crippen molar-refractivity contribution in [3.05, 3.63) is 54.1 Å². The van der Waals surface area contributed by atoms with Gasteiger partial charge >= 0.3 is 0 Å². The highest BCUT2D eigenvalue weighted by Gasteiger charge is 2.22. The van der Waals surface area contributed by atoms with Gasteiger partial charge in [0.1, 0.15) is 5.75 Å². The van der Waals surface area contributed by atoms with E-state index in [-0.39, 0.29) is 0 Å². The van der Waals surface area contributed by atoms with Crippen molar-refractivity contribution in [1.29, 1.82) is 0 Å². The molecule has 1 fully saturated rings. The van der Waals surface area contributed by atoms with Gasteiger partial charge in [-0.25, -0.2) is 0 Å². The number of phenols is 1. The highest BCUT2D eigenvalue weighted by Crippen LogP contribution is 2.40. The van der Waals surface area contributed by atoms with Crippen molar-refractivity contribution >= 4 is 0 Å². The van der Waals surface area contributed by atoms with Crippen LogP contribution >= 0.6 is 0 Å². The van der Waals surface area contributed by atoms with Crippen molar-refractivity contribution in [2.24, 2.45) is 0 Å². The predicted octanol–water partition coefficient (Wildman–Crippen LogP) is 3.94. The van der Waals surface area contributed by atoms with Crippen LogP contribution in [0, 0.1) is 0 Å². The first-order valence-corrected chi connectivity index (χ1v) is 5.72. The molecular formula is C15H14O. The predicted molar refractivity (Wildman–Crippen MR) is 65.5 cm³/mol. The molecule has 0 heterocycles. The zero-order valence-electron chi connectivity index (χ0n) is 9.06. The lowest BCUT2D eigenvalue weighted by atomic mass is 10.0. The molecule has 0 atom stereocenters. The van der Waals surface area contributed by atoms with Gasteiger partial charge in [0.05, 0.1) is 0 Å². The lowest BCUT2D eigenvalue weighted by Crippen LogP contribution is -1.80. The monoisotopic (exact) mass is 210 g/mol. The van der Waals surface area contributed by atoms with Crippen LogP contribution in [0.2, 0.25) is 0 Å². The van der Waals surface area contributed by atoms with Crippen LogP contribution in [0.5, 0.6) is 5.75 Å². The van der Waals surface area contributed by atoms with E-state index in [1.54, 1.807) is 12.1 Å². The van der Waals surface area contributed by atoms with Crippen LogP contribution in [0.4, 0.5) is 0 Å². The Labute approximate surface area is 95.4 Å². The maximum absolute atomic E-state index is 9.23. The number of hydrogen-bond acceptors (Lipinski definition) is 1. The van der Waals surface area contributed by atoms with Crippen molar-refractivity contribution < 1.29 is 5.11 Å². The third-order valence-electron chi connectivity index (χ3n) is 3.16. The van der Waals surface area contributed by atoms with E-state index in [9.17, 15) is 5.11 Å². The van der Waals surface area contributed by atoms with E-state index in [1.165, 1.54) is 24.0 Å². The molecule has 0 aromatic heterocycles. The first-order valence-electron chi connectivity index (χ1n) is 5.72. The summed E-state index contributed by atoms with van der Waals surface area (Å²) < 4.78 is 0. The van der Waals surface area contributed by atoms with E-state index in [0.29, 0.717) is 5.75 Å². The van der Waals surface area contributed by atoms with Gasteiger partial charge in [-0.15, -0.1) is 0 Å². The fourth-order valence-electron chi connectivity index (χ4n) is 2.02. The summed E-state index contributed by atoms with van der Waals surface area (Å²) in [5.74, 6) is 1.13. The summed E-state index contributed by atoms with van der Waals surface area (Å²) in [6.45, 7) is 0. The molecule has 3 rings (SSSR count). The molecule has 0 amide bonds. The largest absolute Gasteiger partial charge is 0.508 e. The Morgan fingerprint density at radius 2 is 1.25 bits per heavy atom. The summed E-state index contributed by atoms with van der Waals surface area (Å²) in [7, 11) is 0. The third-order valence-corrected chi connectivity index (χ3v) is 3.16. The zero-order valence-corrected chi connectivity index (χ0v) is 9.06. The first kappa shape index (κ1) is 9.46. The summed E-state index contributed by atoms with van der Waals surface area (Å²) in [6, 6.07) is 16.1. The summed E-state index contributed by atoms with van der Waals surface area (Å²) in [6.07, 6.45) is 2.69. The summed E-state index contributed by atoms with van der Waals surface area (Å²) >= 11 is 0. The second-order valence-corrected chi connectivity index (χ2v) is 4.44. The van der Waals surface area contributed by atoms with E-state index in [0.717, 1.165) is 11.5 Å². The Hall–Kier alpha value is -1.76. The number of aromatic hydroxyl groups is 1. The van der Waals surface area contributed by atoms with Crippen LogP contribution in [0.3, 0.4) is 0 Å². The third kappa shape index (κ3) is 1.81. The molecule has 2 aromatic rings.